The highest BCUT2D eigenvalue weighted by Gasteiger charge is 2.19. The van der Waals surface area contributed by atoms with Crippen molar-refractivity contribution in [1.82, 2.24) is 19.9 Å². The second kappa shape index (κ2) is 10.6. The lowest BCUT2D eigenvalue weighted by Gasteiger charge is -2.13. The maximum atomic E-state index is 6.29. The lowest BCUT2D eigenvalue weighted by atomic mass is 9.95. The summed E-state index contributed by atoms with van der Waals surface area (Å²) in [6.07, 6.45) is 1.79. The molecular weight excluding hydrogens is 588 g/mol. The van der Waals surface area contributed by atoms with Gasteiger partial charge in [0.2, 0.25) is 0 Å². The highest BCUT2D eigenvalue weighted by Crippen LogP contribution is 2.41. The molecule has 0 saturated heterocycles. The first-order valence-corrected chi connectivity index (χ1v) is 15.4. The predicted octanol–water partition coefficient (Wildman–Crippen LogP) is 10.8. The molecule has 0 atom stereocenters. The Morgan fingerprint density at radius 3 is 2.02 bits per heavy atom. The number of halogens is 1. The molecule has 0 N–H and O–H groups in total. The SMILES string of the molecule is Clc1ccc2c(c1)oc1ccnc(-c3ccc(-c4nc(-c5ccccc5)nc(-c5ccc6ccccc6c5)n4)c4ccccc34)c12. The van der Waals surface area contributed by atoms with E-state index in [4.69, 9.17) is 36.0 Å². The number of benzene rings is 6. The third-order valence-electron chi connectivity index (χ3n) is 8.44. The van der Waals surface area contributed by atoms with Gasteiger partial charge < -0.3 is 4.42 Å². The molecule has 0 unspecified atom stereocenters. The monoisotopic (exact) mass is 610 g/mol. The first-order valence-electron chi connectivity index (χ1n) is 15.0. The molecule has 0 amide bonds. The van der Waals surface area contributed by atoms with Crippen molar-refractivity contribution in [2.24, 2.45) is 0 Å². The maximum Gasteiger partial charge on any atom is 0.164 e. The molecule has 0 saturated carbocycles. The number of pyridine rings is 1. The van der Waals surface area contributed by atoms with Gasteiger partial charge in [0.05, 0.1) is 11.1 Å². The van der Waals surface area contributed by atoms with Crippen LogP contribution in [0.2, 0.25) is 5.02 Å². The predicted molar refractivity (Wildman–Crippen MR) is 187 cm³/mol. The summed E-state index contributed by atoms with van der Waals surface area (Å²) in [7, 11) is 0. The fourth-order valence-corrected chi connectivity index (χ4v) is 6.43. The zero-order chi connectivity index (χ0) is 30.6. The molecule has 0 bridgehead atoms. The molecule has 6 heteroatoms. The van der Waals surface area contributed by atoms with Crippen LogP contribution in [0.15, 0.2) is 144 Å². The zero-order valence-electron chi connectivity index (χ0n) is 24.4. The van der Waals surface area contributed by atoms with Crippen molar-refractivity contribution in [3.63, 3.8) is 0 Å². The lowest BCUT2D eigenvalue weighted by Crippen LogP contribution is -2.01. The normalized spacial score (nSPS) is 11.6. The van der Waals surface area contributed by atoms with E-state index in [-0.39, 0.29) is 0 Å². The number of fused-ring (bicyclic) bond motifs is 5. The van der Waals surface area contributed by atoms with Gasteiger partial charge in [-0.25, -0.2) is 15.0 Å². The van der Waals surface area contributed by atoms with E-state index in [1.165, 1.54) is 5.39 Å². The number of hydrogen-bond acceptors (Lipinski definition) is 5. The van der Waals surface area contributed by atoms with Gasteiger partial charge in [0.15, 0.2) is 17.5 Å². The van der Waals surface area contributed by atoms with Gasteiger partial charge in [-0.15, -0.1) is 0 Å². The number of rotatable bonds is 4. The van der Waals surface area contributed by atoms with Gasteiger partial charge in [0.25, 0.3) is 0 Å². The largest absolute Gasteiger partial charge is 0.456 e. The molecule has 3 heterocycles. The summed E-state index contributed by atoms with van der Waals surface area (Å²) in [5, 5.41) is 6.92. The molecule has 0 spiro atoms. The van der Waals surface area contributed by atoms with Crippen LogP contribution in [0.5, 0.6) is 0 Å². The number of hydrogen-bond donors (Lipinski definition) is 0. The molecule has 216 valence electrons. The zero-order valence-corrected chi connectivity index (χ0v) is 25.1. The van der Waals surface area contributed by atoms with Gasteiger partial charge in [-0.05, 0) is 51.9 Å². The molecule has 0 aliphatic carbocycles. The van der Waals surface area contributed by atoms with Crippen LogP contribution >= 0.6 is 11.6 Å². The smallest absolute Gasteiger partial charge is 0.164 e. The first-order chi connectivity index (χ1) is 22.7. The van der Waals surface area contributed by atoms with Gasteiger partial charge in [-0.1, -0.05) is 109 Å². The van der Waals surface area contributed by atoms with E-state index in [9.17, 15) is 0 Å². The molecule has 9 aromatic rings. The Hall–Kier alpha value is -5.91. The first kappa shape index (κ1) is 26.5. The molecule has 6 aromatic carbocycles. The van der Waals surface area contributed by atoms with Crippen LogP contribution in [0.3, 0.4) is 0 Å². The van der Waals surface area contributed by atoms with E-state index in [0.29, 0.717) is 22.5 Å². The van der Waals surface area contributed by atoms with Crippen LogP contribution in [0.25, 0.3) is 88.9 Å². The molecule has 0 fully saturated rings. The maximum absolute atomic E-state index is 6.29. The van der Waals surface area contributed by atoms with Crippen molar-refractivity contribution in [1.29, 1.82) is 0 Å². The lowest BCUT2D eigenvalue weighted by molar-refractivity contribution is 0.668. The van der Waals surface area contributed by atoms with Crippen LogP contribution < -0.4 is 0 Å². The molecule has 0 aliphatic heterocycles. The van der Waals surface area contributed by atoms with Crippen molar-refractivity contribution in [3.8, 4) is 45.4 Å². The molecule has 9 rings (SSSR count). The summed E-state index contributed by atoms with van der Waals surface area (Å²) >= 11 is 6.29. The highest BCUT2D eigenvalue weighted by atomic mass is 35.5. The summed E-state index contributed by atoms with van der Waals surface area (Å²) in [6.45, 7) is 0. The Bertz CT molecular complexity index is 2610. The number of aromatic nitrogens is 4. The molecular formula is C40H23ClN4O. The summed E-state index contributed by atoms with van der Waals surface area (Å²) in [6, 6.07) is 44.8. The van der Waals surface area contributed by atoms with Crippen molar-refractivity contribution in [2.75, 3.05) is 0 Å². The van der Waals surface area contributed by atoms with Gasteiger partial charge in [0.1, 0.15) is 11.2 Å². The Balaban J connectivity index is 1.27. The fourth-order valence-electron chi connectivity index (χ4n) is 6.27. The van der Waals surface area contributed by atoms with Gasteiger partial charge in [-0.2, -0.15) is 0 Å². The van der Waals surface area contributed by atoms with Crippen LogP contribution in [0.4, 0.5) is 0 Å². The summed E-state index contributed by atoms with van der Waals surface area (Å²) in [5.74, 6) is 1.85. The third kappa shape index (κ3) is 4.40. The highest BCUT2D eigenvalue weighted by molar-refractivity contribution is 6.31. The van der Waals surface area contributed by atoms with E-state index < -0.39 is 0 Å². The summed E-state index contributed by atoms with van der Waals surface area (Å²) in [4.78, 5) is 20.0. The van der Waals surface area contributed by atoms with Gasteiger partial charge in [-0.3, -0.25) is 4.98 Å². The Morgan fingerprint density at radius 2 is 1.17 bits per heavy atom. The van der Waals surface area contributed by atoms with E-state index >= 15 is 0 Å². The second-order valence-electron chi connectivity index (χ2n) is 11.2. The van der Waals surface area contributed by atoms with Crippen molar-refractivity contribution in [2.45, 2.75) is 0 Å². The quantitative estimate of drug-likeness (QED) is 0.198. The molecule has 46 heavy (non-hydrogen) atoms. The van der Waals surface area contributed by atoms with Crippen molar-refractivity contribution >= 4 is 55.1 Å². The minimum Gasteiger partial charge on any atom is -0.456 e. The van der Waals surface area contributed by atoms with Crippen molar-refractivity contribution < 1.29 is 4.42 Å². The second-order valence-corrected chi connectivity index (χ2v) is 11.7. The van der Waals surface area contributed by atoms with Gasteiger partial charge >= 0.3 is 0 Å². The standard InChI is InChI=1S/C40H23ClN4O/c41-28-16-17-33-35(23-28)46-34-20-21-42-37(36(33)34)31-18-19-32(30-13-7-6-12-29(30)31)40-44-38(25-9-2-1-3-10-25)43-39(45-40)27-15-14-24-8-4-5-11-26(24)22-27/h1-23H. The topological polar surface area (TPSA) is 64.7 Å². The van der Waals surface area contributed by atoms with E-state index in [0.717, 1.165) is 66.0 Å². The molecule has 0 aliphatic rings. The third-order valence-corrected chi connectivity index (χ3v) is 8.68. The summed E-state index contributed by atoms with van der Waals surface area (Å²) in [5.41, 5.74) is 6.11. The number of furan rings is 1. The van der Waals surface area contributed by atoms with Crippen molar-refractivity contribution in [3.05, 3.63) is 145 Å². The molecule has 3 aromatic heterocycles. The minimum absolute atomic E-state index is 0.606. The minimum atomic E-state index is 0.606. The van der Waals surface area contributed by atoms with E-state index in [2.05, 4.69) is 54.6 Å². The average Bonchev–Trinajstić information content (AvgIpc) is 3.49. The van der Waals surface area contributed by atoms with E-state index in [1.54, 1.807) is 6.20 Å². The van der Waals surface area contributed by atoms with Crippen LogP contribution in [0.1, 0.15) is 0 Å². The summed E-state index contributed by atoms with van der Waals surface area (Å²) < 4.78 is 6.19. The van der Waals surface area contributed by atoms with Crippen LogP contribution in [-0.2, 0) is 0 Å². The van der Waals surface area contributed by atoms with E-state index in [1.807, 2.05) is 78.9 Å². The van der Waals surface area contributed by atoms with Crippen LogP contribution in [0, 0.1) is 0 Å². The Kier molecular flexibility index (Phi) is 6.11. The Morgan fingerprint density at radius 1 is 0.478 bits per heavy atom. The van der Waals surface area contributed by atoms with Gasteiger partial charge in [0, 0.05) is 44.9 Å². The molecule has 5 nitrogen and oxygen atoms in total. The fraction of sp³-hybridized carbons (Fsp3) is 0. The average molecular weight is 611 g/mol. The molecule has 0 radical (unpaired) electrons. The Labute approximate surface area is 268 Å². The van der Waals surface area contributed by atoms with Crippen LogP contribution in [-0.4, -0.2) is 19.9 Å². The number of nitrogens with zero attached hydrogens (tertiary/aromatic N) is 4.